The van der Waals surface area contributed by atoms with Crippen molar-refractivity contribution in [3.05, 3.63) is 29.7 Å². The maximum atomic E-state index is 4.74. The minimum Gasteiger partial charge on any atom is -0.361 e. The predicted octanol–water partition coefficient (Wildman–Crippen LogP) is 3.58. The lowest BCUT2D eigenvalue weighted by molar-refractivity contribution is 0.0877. The maximum Gasteiger partial charge on any atom is 0.104 e. The van der Waals surface area contributed by atoms with Gasteiger partial charge in [0.1, 0.15) is 5.82 Å². The van der Waals surface area contributed by atoms with E-state index in [1.54, 1.807) is 0 Å². The summed E-state index contributed by atoms with van der Waals surface area (Å²) in [6, 6.07) is 4.31. The van der Waals surface area contributed by atoms with Crippen molar-refractivity contribution in [2.45, 2.75) is 25.7 Å². The Morgan fingerprint density at radius 1 is 1.18 bits per heavy atom. The molecule has 5 heteroatoms. The third-order valence-electron chi connectivity index (χ3n) is 5.50. The number of benzene rings is 1. The van der Waals surface area contributed by atoms with Crippen LogP contribution in [0.15, 0.2) is 18.3 Å². The normalized spacial score (nSPS) is 27.4. The molecule has 0 spiro atoms. The first-order valence-electron chi connectivity index (χ1n) is 7.98. The van der Waals surface area contributed by atoms with E-state index >= 15 is 0 Å². The molecule has 1 atom stereocenters. The predicted molar refractivity (Wildman–Crippen MR) is 91.8 cm³/mol. The Balaban J connectivity index is 0.00000125. The van der Waals surface area contributed by atoms with E-state index in [-0.39, 0.29) is 12.4 Å². The lowest BCUT2D eigenvalue weighted by Gasteiger charge is -2.44. The molecule has 0 saturated carbocycles. The number of H-pyrrole nitrogens is 2. The Kier molecular flexibility index (Phi) is 3.20. The van der Waals surface area contributed by atoms with E-state index in [1.807, 2.05) is 6.92 Å². The molecular weight excluding hydrogens is 296 g/mol. The fourth-order valence-electron chi connectivity index (χ4n) is 4.45. The van der Waals surface area contributed by atoms with Gasteiger partial charge in [-0.2, -0.15) is 0 Å². The SMILES string of the molecule is Cc1nc2c(ccc3[nH]cc(C4CN5CCC4CC5)c32)[nH]1.Cl. The van der Waals surface area contributed by atoms with Crippen LogP contribution in [0.25, 0.3) is 21.9 Å². The van der Waals surface area contributed by atoms with Crippen LogP contribution in [0.5, 0.6) is 0 Å². The van der Waals surface area contributed by atoms with E-state index in [1.165, 1.54) is 48.9 Å². The van der Waals surface area contributed by atoms with E-state index in [2.05, 4.69) is 33.2 Å². The number of rotatable bonds is 1. The van der Waals surface area contributed by atoms with Crippen LogP contribution in [-0.2, 0) is 0 Å². The van der Waals surface area contributed by atoms with Gasteiger partial charge in [-0.05, 0) is 56.5 Å². The molecule has 0 amide bonds. The number of halogens is 1. The van der Waals surface area contributed by atoms with Crippen LogP contribution in [0.3, 0.4) is 0 Å². The number of piperidine rings is 3. The van der Waals surface area contributed by atoms with Crippen molar-refractivity contribution in [1.82, 2.24) is 19.9 Å². The number of hydrogen-bond donors (Lipinski definition) is 2. The molecule has 2 aromatic heterocycles. The Hall–Kier alpha value is -1.52. The van der Waals surface area contributed by atoms with E-state index in [4.69, 9.17) is 4.98 Å². The first-order valence-corrected chi connectivity index (χ1v) is 7.98. The van der Waals surface area contributed by atoms with Gasteiger partial charge in [0.25, 0.3) is 0 Å². The number of hydrogen-bond acceptors (Lipinski definition) is 2. The van der Waals surface area contributed by atoms with Crippen molar-refractivity contribution in [3.63, 3.8) is 0 Å². The molecule has 3 aliphatic heterocycles. The van der Waals surface area contributed by atoms with Crippen LogP contribution in [0.1, 0.15) is 30.1 Å². The zero-order valence-electron chi connectivity index (χ0n) is 12.7. The van der Waals surface area contributed by atoms with Gasteiger partial charge in [0, 0.05) is 29.6 Å². The van der Waals surface area contributed by atoms with E-state index in [9.17, 15) is 0 Å². The smallest absolute Gasteiger partial charge is 0.104 e. The third kappa shape index (κ3) is 1.90. The molecule has 2 bridgehead atoms. The van der Waals surface area contributed by atoms with Crippen LogP contribution in [0.4, 0.5) is 0 Å². The summed E-state index contributed by atoms with van der Waals surface area (Å²) in [5.74, 6) is 2.52. The molecule has 1 aromatic carbocycles. The zero-order valence-corrected chi connectivity index (χ0v) is 13.5. The van der Waals surface area contributed by atoms with Crippen LogP contribution in [-0.4, -0.2) is 39.5 Å². The Bertz CT molecular complexity index is 826. The molecule has 22 heavy (non-hydrogen) atoms. The fraction of sp³-hybridized carbons (Fsp3) is 0.471. The molecule has 3 aromatic rings. The van der Waals surface area contributed by atoms with Crippen molar-refractivity contribution in [3.8, 4) is 0 Å². The number of imidazole rings is 1. The lowest BCUT2D eigenvalue weighted by Crippen LogP contribution is -2.46. The zero-order chi connectivity index (χ0) is 14.0. The topological polar surface area (TPSA) is 47.7 Å². The first kappa shape index (κ1) is 14.1. The molecule has 0 aliphatic carbocycles. The van der Waals surface area contributed by atoms with Crippen molar-refractivity contribution >= 4 is 34.3 Å². The van der Waals surface area contributed by atoms with Crippen LogP contribution >= 0.6 is 12.4 Å². The van der Waals surface area contributed by atoms with Crippen LogP contribution in [0, 0.1) is 12.8 Å². The van der Waals surface area contributed by atoms with Gasteiger partial charge in [0.2, 0.25) is 0 Å². The minimum absolute atomic E-state index is 0. The molecular formula is C17H21ClN4. The number of aromatic amines is 2. The Morgan fingerprint density at radius 3 is 2.68 bits per heavy atom. The summed E-state index contributed by atoms with van der Waals surface area (Å²) in [4.78, 5) is 14.2. The Morgan fingerprint density at radius 2 is 1.95 bits per heavy atom. The summed E-state index contributed by atoms with van der Waals surface area (Å²) in [5, 5.41) is 1.34. The largest absolute Gasteiger partial charge is 0.361 e. The van der Waals surface area contributed by atoms with Gasteiger partial charge in [-0.3, -0.25) is 0 Å². The average Bonchev–Trinajstić information content (AvgIpc) is 3.10. The van der Waals surface area contributed by atoms with Crippen molar-refractivity contribution in [1.29, 1.82) is 0 Å². The minimum atomic E-state index is 0. The second-order valence-corrected chi connectivity index (χ2v) is 6.70. The standard InChI is InChI=1S/C17H20N4.ClH/c1-10-19-15-3-2-14-16(17(15)20-10)12(8-18-14)13-9-21-6-4-11(13)5-7-21;/h2-3,8,11,13,18H,4-7,9H2,1H3,(H,19,20);1H. The summed E-state index contributed by atoms with van der Waals surface area (Å²) in [6.07, 6.45) is 4.94. The summed E-state index contributed by atoms with van der Waals surface area (Å²) in [6.45, 7) is 5.84. The van der Waals surface area contributed by atoms with Crippen molar-refractivity contribution < 1.29 is 0 Å². The summed E-state index contributed by atoms with van der Waals surface area (Å²) in [7, 11) is 0. The van der Waals surface area contributed by atoms with E-state index < -0.39 is 0 Å². The highest BCUT2D eigenvalue weighted by molar-refractivity contribution is 6.05. The van der Waals surface area contributed by atoms with Crippen molar-refractivity contribution in [2.75, 3.05) is 19.6 Å². The summed E-state index contributed by atoms with van der Waals surface area (Å²) in [5.41, 5.74) is 5.00. The highest BCUT2D eigenvalue weighted by Crippen LogP contribution is 2.42. The van der Waals surface area contributed by atoms with Crippen molar-refractivity contribution in [2.24, 2.45) is 5.92 Å². The summed E-state index contributed by atoms with van der Waals surface area (Å²) >= 11 is 0. The van der Waals surface area contributed by atoms with Crippen LogP contribution in [0.2, 0.25) is 0 Å². The number of aromatic nitrogens is 3. The molecule has 3 aliphatic rings. The molecule has 6 rings (SSSR count). The highest BCUT2D eigenvalue weighted by atomic mass is 35.5. The van der Waals surface area contributed by atoms with Gasteiger partial charge in [-0.25, -0.2) is 4.98 Å². The van der Waals surface area contributed by atoms with Gasteiger partial charge in [-0.15, -0.1) is 12.4 Å². The second kappa shape index (κ2) is 5.00. The third-order valence-corrected chi connectivity index (χ3v) is 5.50. The molecule has 3 fully saturated rings. The maximum absolute atomic E-state index is 4.74. The first-order chi connectivity index (χ1) is 10.3. The molecule has 4 nitrogen and oxygen atoms in total. The average molecular weight is 317 g/mol. The van der Waals surface area contributed by atoms with Gasteiger partial charge >= 0.3 is 0 Å². The van der Waals surface area contributed by atoms with Crippen LogP contribution < -0.4 is 0 Å². The quantitative estimate of drug-likeness (QED) is 0.721. The summed E-state index contributed by atoms with van der Waals surface area (Å²) < 4.78 is 0. The number of fused-ring (bicyclic) bond motifs is 6. The number of nitrogens with zero attached hydrogens (tertiary/aromatic N) is 2. The molecule has 2 N–H and O–H groups in total. The lowest BCUT2D eigenvalue weighted by atomic mass is 9.75. The number of aryl methyl sites for hydroxylation is 1. The molecule has 0 radical (unpaired) electrons. The molecule has 116 valence electrons. The second-order valence-electron chi connectivity index (χ2n) is 6.70. The van der Waals surface area contributed by atoms with E-state index in [0.717, 1.165) is 22.8 Å². The molecule has 1 unspecified atom stereocenters. The van der Waals surface area contributed by atoms with Gasteiger partial charge in [0.15, 0.2) is 0 Å². The van der Waals surface area contributed by atoms with E-state index in [0.29, 0.717) is 5.92 Å². The fourth-order valence-corrected chi connectivity index (χ4v) is 4.45. The monoisotopic (exact) mass is 316 g/mol. The number of nitrogens with one attached hydrogen (secondary N) is 2. The van der Waals surface area contributed by atoms with Gasteiger partial charge in [0.05, 0.1) is 11.0 Å². The molecule has 3 saturated heterocycles. The van der Waals surface area contributed by atoms with Gasteiger partial charge < -0.3 is 14.9 Å². The van der Waals surface area contributed by atoms with Gasteiger partial charge in [-0.1, -0.05) is 0 Å². The molecule has 5 heterocycles. The Labute approximate surface area is 135 Å². The highest BCUT2D eigenvalue weighted by Gasteiger charge is 2.36.